The fourth-order valence-corrected chi connectivity index (χ4v) is 7.68. The predicted molar refractivity (Wildman–Crippen MR) is 137 cm³/mol. The van der Waals surface area contributed by atoms with Gasteiger partial charge in [0.05, 0.1) is 27.7 Å². The van der Waals surface area contributed by atoms with Crippen molar-refractivity contribution < 1.29 is 32.0 Å². The van der Waals surface area contributed by atoms with Crippen LogP contribution in [0.2, 0.25) is 0 Å². The van der Waals surface area contributed by atoms with Crippen molar-refractivity contribution in [1.29, 1.82) is 0 Å². The Morgan fingerprint density at radius 2 is 2.08 bits per heavy atom. The van der Waals surface area contributed by atoms with Gasteiger partial charge in [-0.05, 0) is 50.1 Å². The quantitative estimate of drug-likeness (QED) is 0.370. The number of halogens is 4. The molecule has 3 fully saturated rings. The van der Waals surface area contributed by atoms with E-state index in [1.807, 2.05) is 0 Å². The summed E-state index contributed by atoms with van der Waals surface area (Å²) in [6, 6.07) is 4.22. The Kier molecular flexibility index (Phi) is 6.58. The molecular formula is C26H29F4N5O3S. The number of piperidine rings is 1. The van der Waals surface area contributed by atoms with E-state index in [0.717, 1.165) is 24.2 Å². The Morgan fingerprint density at radius 3 is 2.77 bits per heavy atom. The molecule has 3 N–H and O–H groups in total. The largest absolute Gasteiger partial charge is 0.393 e. The lowest BCUT2D eigenvalue weighted by atomic mass is 9.93. The first-order chi connectivity index (χ1) is 18.5. The number of hydrogen-bond acceptors (Lipinski definition) is 8. The number of amides is 1. The Balaban J connectivity index is 1.35. The number of rotatable bonds is 6. The number of nitrogens with one attached hydrogen (secondary N) is 2. The zero-order valence-corrected chi connectivity index (χ0v) is 22.2. The second kappa shape index (κ2) is 9.70. The van der Waals surface area contributed by atoms with Crippen molar-refractivity contribution in [2.45, 2.75) is 94.6 Å². The van der Waals surface area contributed by atoms with E-state index < -0.39 is 42.9 Å². The van der Waals surface area contributed by atoms with Crippen LogP contribution in [0.15, 0.2) is 22.7 Å². The Morgan fingerprint density at radius 1 is 1.28 bits per heavy atom. The Hall–Kier alpha value is -2.77. The minimum absolute atomic E-state index is 0.0105. The molecule has 3 aliphatic heterocycles. The topological polar surface area (TPSA) is 104 Å². The van der Waals surface area contributed by atoms with Crippen LogP contribution in [-0.4, -0.2) is 68.7 Å². The number of carbonyl (C=O) groups excluding carboxylic acids is 1. The van der Waals surface area contributed by atoms with Gasteiger partial charge in [0.25, 0.3) is 0 Å². The number of alkyl halides is 4. The summed E-state index contributed by atoms with van der Waals surface area (Å²) in [5, 5.41) is 19.9. The minimum atomic E-state index is -4.49. The third kappa shape index (κ3) is 4.78. The Labute approximate surface area is 225 Å². The van der Waals surface area contributed by atoms with E-state index in [1.54, 1.807) is 18.2 Å². The lowest BCUT2D eigenvalue weighted by Gasteiger charge is -2.44. The van der Waals surface area contributed by atoms with Gasteiger partial charge in [-0.1, -0.05) is 17.3 Å². The molecule has 1 aromatic carbocycles. The molecule has 2 bridgehead atoms. The van der Waals surface area contributed by atoms with E-state index in [-0.39, 0.29) is 46.7 Å². The van der Waals surface area contributed by atoms with E-state index in [9.17, 15) is 23.1 Å². The molecule has 210 valence electrons. The molecule has 2 aromatic heterocycles. The summed E-state index contributed by atoms with van der Waals surface area (Å²) in [6.07, 6.45) is -5.64. The molecule has 0 aliphatic carbocycles. The van der Waals surface area contributed by atoms with Crippen molar-refractivity contribution >= 4 is 33.0 Å². The number of nitrogens with zero attached hydrogens (tertiary/aromatic N) is 3. The smallest absolute Gasteiger partial charge is 0.383 e. The van der Waals surface area contributed by atoms with Crippen LogP contribution in [-0.2, 0) is 11.2 Å². The van der Waals surface area contributed by atoms with Crippen molar-refractivity contribution in [2.24, 2.45) is 0 Å². The molecule has 3 aromatic rings. The average molecular weight is 568 g/mol. The molecular weight excluding hydrogens is 538 g/mol. The van der Waals surface area contributed by atoms with Crippen LogP contribution in [0.25, 0.3) is 20.8 Å². The molecule has 3 aliphatic rings. The maximum absolute atomic E-state index is 15.7. The average Bonchev–Trinajstić information content (AvgIpc) is 3.62. The predicted octanol–water partition coefficient (Wildman–Crippen LogP) is 4.74. The number of thiophene rings is 1. The van der Waals surface area contributed by atoms with Crippen LogP contribution in [0.4, 0.5) is 23.2 Å². The van der Waals surface area contributed by atoms with Gasteiger partial charge in [0, 0.05) is 24.5 Å². The highest BCUT2D eigenvalue weighted by Gasteiger charge is 2.48. The number of aliphatic hydroxyl groups is 1. The first-order valence-corrected chi connectivity index (χ1v) is 13.9. The highest BCUT2D eigenvalue weighted by Crippen LogP contribution is 2.45. The number of carbonyl (C=O) groups is 1. The van der Waals surface area contributed by atoms with Gasteiger partial charge in [-0.3, -0.25) is 9.69 Å². The first kappa shape index (κ1) is 26.5. The molecule has 13 heteroatoms. The lowest BCUT2D eigenvalue weighted by Crippen LogP contribution is -2.56. The van der Waals surface area contributed by atoms with Crippen molar-refractivity contribution in [3.63, 3.8) is 0 Å². The maximum Gasteiger partial charge on any atom is 0.393 e. The molecule has 0 unspecified atom stereocenters. The summed E-state index contributed by atoms with van der Waals surface area (Å²) < 4.78 is 62.6. The standard InChI is InChI=1S/C26H29F4N5O3S/c1-11(2)35-12-6-7-18(35)20(27)16(8-12)31-15-5-3-4-13-14(10-26(28,29)30)22(39-21(13)15)23-33-25(38-34-23)17-9-19(36)24(37)32-17/h3-5,11-12,16-20,31,36H,6-10H2,1-2H3,(H,32,37)/t12-,16-,17-,18+,19+,20-/m1/s1. The molecule has 1 amide bonds. The summed E-state index contributed by atoms with van der Waals surface area (Å²) >= 11 is 1.10. The number of hydrogen-bond donors (Lipinski definition) is 3. The van der Waals surface area contributed by atoms with Gasteiger partial charge in [0.15, 0.2) is 0 Å². The normalized spacial score (nSPS) is 29.5. The first-order valence-electron chi connectivity index (χ1n) is 13.1. The van der Waals surface area contributed by atoms with Gasteiger partial charge in [0.1, 0.15) is 18.3 Å². The van der Waals surface area contributed by atoms with E-state index in [0.29, 0.717) is 22.2 Å². The number of aliphatic hydroxyl groups excluding tert-OH is 1. The van der Waals surface area contributed by atoms with Gasteiger partial charge >= 0.3 is 6.18 Å². The highest BCUT2D eigenvalue weighted by molar-refractivity contribution is 7.23. The highest BCUT2D eigenvalue weighted by atomic mass is 32.1. The molecule has 39 heavy (non-hydrogen) atoms. The number of anilines is 1. The SMILES string of the molecule is CC(C)N1[C@@H]2CC[C@H]1[C@H](F)[C@H](Nc1cccc3c(CC(F)(F)F)c(-c4noc([C@H]5C[C@H](O)C(=O)N5)n4)sc13)C2. The summed E-state index contributed by atoms with van der Waals surface area (Å²) in [6.45, 7) is 4.15. The molecule has 0 spiro atoms. The molecule has 6 atom stereocenters. The van der Waals surface area contributed by atoms with Crippen LogP contribution in [0.1, 0.15) is 57.0 Å². The van der Waals surface area contributed by atoms with Gasteiger partial charge in [-0.15, -0.1) is 11.3 Å². The summed E-state index contributed by atoms with van der Waals surface area (Å²) in [4.78, 5) is 18.4. The van der Waals surface area contributed by atoms with Crippen LogP contribution < -0.4 is 10.6 Å². The molecule has 0 radical (unpaired) electrons. The van der Waals surface area contributed by atoms with E-state index in [4.69, 9.17) is 4.52 Å². The van der Waals surface area contributed by atoms with Crippen molar-refractivity contribution in [3.8, 4) is 10.7 Å². The number of aromatic nitrogens is 2. The second-order valence-corrected chi connectivity index (χ2v) is 11.9. The zero-order chi connectivity index (χ0) is 27.6. The van der Waals surface area contributed by atoms with E-state index in [2.05, 4.69) is 39.5 Å². The zero-order valence-electron chi connectivity index (χ0n) is 21.3. The fourth-order valence-electron chi connectivity index (χ4n) is 6.46. The van der Waals surface area contributed by atoms with E-state index in [1.165, 1.54) is 0 Å². The van der Waals surface area contributed by atoms with Crippen LogP contribution >= 0.6 is 11.3 Å². The van der Waals surface area contributed by atoms with Crippen LogP contribution in [0.5, 0.6) is 0 Å². The van der Waals surface area contributed by atoms with Crippen molar-refractivity contribution in [1.82, 2.24) is 20.4 Å². The fraction of sp³-hybridized carbons (Fsp3) is 0.577. The molecule has 8 nitrogen and oxygen atoms in total. The summed E-state index contributed by atoms with van der Waals surface area (Å²) in [5.74, 6) is -0.594. The molecule has 5 heterocycles. The lowest BCUT2D eigenvalue weighted by molar-refractivity contribution is -0.127. The Bertz CT molecular complexity index is 1390. The third-order valence-electron chi connectivity index (χ3n) is 8.03. The molecule has 0 saturated carbocycles. The van der Waals surface area contributed by atoms with Gasteiger partial charge in [0.2, 0.25) is 17.6 Å². The number of benzene rings is 1. The monoisotopic (exact) mass is 567 g/mol. The molecule has 6 rings (SSSR count). The van der Waals surface area contributed by atoms with E-state index >= 15 is 4.39 Å². The number of fused-ring (bicyclic) bond motifs is 3. The molecule has 3 saturated heterocycles. The maximum atomic E-state index is 15.7. The van der Waals surface area contributed by atoms with Crippen LogP contribution in [0, 0.1) is 0 Å². The van der Waals surface area contributed by atoms with Crippen LogP contribution in [0.3, 0.4) is 0 Å². The van der Waals surface area contributed by atoms with Gasteiger partial charge in [-0.2, -0.15) is 18.2 Å². The minimum Gasteiger partial charge on any atom is -0.383 e. The van der Waals surface area contributed by atoms with Crippen molar-refractivity contribution in [2.75, 3.05) is 5.32 Å². The third-order valence-corrected chi connectivity index (χ3v) is 9.31. The van der Waals surface area contributed by atoms with Gasteiger partial charge in [-0.25, -0.2) is 4.39 Å². The van der Waals surface area contributed by atoms with Crippen molar-refractivity contribution in [3.05, 3.63) is 29.7 Å². The second-order valence-electron chi connectivity index (χ2n) is 10.9. The van der Waals surface area contributed by atoms with Gasteiger partial charge < -0.3 is 20.3 Å². The summed E-state index contributed by atoms with van der Waals surface area (Å²) in [7, 11) is 0. The summed E-state index contributed by atoms with van der Waals surface area (Å²) in [5.41, 5.74) is 0.590.